The van der Waals surface area contributed by atoms with Crippen LogP contribution >= 0.6 is 0 Å². The van der Waals surface area contributed by atoms with Gasteiger partial charge in [0.05, 0.1) is 30.0 Å². The normalized spacial score (nSPS) is 20.3. The summed E-state index contributed by atoms with van der Waals surface area (Å²) < 4.78 is 0. The van der Waals surface area contributed by atoms with E-state index in [4.69, 9.17) is 0 Å². The number of anilines is 1. The molecule has 1 unspecified atom stereocenters. The van der Waals surface area contributed by atoms with E-state index in [1.165, 1.54) is 12.8 Å². The summed E-state index contributed by atoms with van der Waals surface area (Å²) in [7, 11) is 0. The predicted octanol–water partition coefficient (Wildman–Crippen LogP) is 1.98. The van der Waals surface area contributed by atoms with Crippen molar-refractivity contribution >= 4 is 16.6 Å². The van der Waals surface area contributed by atoms with Crippen LogP contribution in [-0.2, 0) is 0 Å². The van der Waals surface area contributed by atoms with Crippen molar-refractivity contribution in [2.24, 2.45) is 0 Å². The van der Waals surface area contributed by atoms with Crippen LogP contribution < -0.4 is 4.90 Å². The number of aliphatic hydroxyl groups is 1. The summed E-state index contributed by atoms with van der Waals surface area (Å²) in [6.07, 6.45) is 5.23. The average Bonchev–Trinajstić information content (AvgIpc) is 2.46. The third kappa shape index (κ3) is 1.93. The second-order valence-electron chi connectivity index (χ2n) is 4.77. The zero-order valence-corrected chi connectivity index (χ0v) is 10.3. The van der Waals surface area contributed by atoms with Crippen LogP contribution in [0.25, 0.3) is 10.9 Å². The number of piperidine rings is 1. The fourth-order valence-electron chi connectivity index (χ4n) is 2.73. The molecule has 0 bridgehead atoms. The predicted molar refractivity (Wildman–Crippen MR) is 71.6 cm³/mol. The quantitative estimate of drug-likeness (QED) is 0.876. The molecule has 0 spiro atoms. The Labute approximate surface area is 106 Å². The molecule has 2 aromatic rings. The Hall–Kier alpha value is -1.68. The van der Waals surface area contributed by atoms with Crippen molar-refractivity contribution in [2.75, 3.05) is 18.1 Å². The van der Waals surface area contributed by atoms with Gasteiger partial charge >= 0.3 is 0 Å². The van der Waals surface area contributed by atoms with E-state index in [0.717, 1.165) is 29.6 Å². The summed E-state index contributed by atoms with van der Waals surface area (Å²) in [5.74, 6) is 0. The van der Waals surface area contributed by atoms with Crippen LogP contribution in [-0.4, -0.2) is 34.5 Å². The smallest absolute Gasteiger partial charge is 0.0950 e. The van der Waals surface area contributed by atoms with Gasteiger partial charge in [-0.15, -0.1) is 0 Å². The summed E-state index contributed by atoms with van der Waals surface area (Å²) in [5.41, 5.74) is 2.01. The van der Waals surface area contributed by atoms with E-state index in [1.807, 2.05) is 24.4 Å². The van der Waals surface area contributed by atoms with Crippen LogP contribution in [0.2, 0.25) is 0 Å². The molecule has 0 amide bonds. The molecule has 4 heteroatoms. The van der Waals surface area contributed by atoms with Gasteiger partial charge in [0.15, 0.2) is 0 Å². The first-order valence-electron chi connectivity index (χ1n) is 6.48. The Balaban J connectivity index is 2.07. The topological polar surface area (TPSA) is 49.2 Å². The van der Waals surface area contributed by atoms with E-state index in [2.05, 4.69) is 21.2 Å². The number of rotatable bonds is 2. The van der Waals surface area contributed by atoms with Gasteiger partial charge in [-0.25, -0.2) is 0 Å². The van der Waals surface area contributed by atoms with Crippen LogP contribution in [0.1, 0.15) is 19.3 Å². The van der Waals surface area contributed by atoms with Crippen LogP contribution in [0.4, 0.5) is 5.69 Å². The largest absolute Gasteiger partial charge is 0.394 e. The molecule has 4 nitrogen and oxygen atoms in total. The van der Waals surface area contributed by atoms with Gasteiger partial charge in [-0.1, -0.05) is 18.2 Å². The van der Waals surface area contributed by atoms with Crippen molar-refractivity contribution in [3.63, 3.8) is 0 Å². The maximum atomic E-state index is 9.52. The molecule has 1 fully saturated rings. The summed E-state index contributed by atoms with van der Waals surface area (Å²) in [5, 5.41) is 18.9. The minimum atomic E-state index is 0.205. The summed E-state index contributed by atoms with van der Waals surface area (Å²) in [4.78, 5) is 2.28. The molecule has 1 atom stereocenters. The van der Waals surface area contributed by atoms with Gasteiger partial charge in [-0.3, -0.25) is 0 Å². The van der Waals surface area contributed by atoms with E-state index < -0.39 is 0 Å². The van der Waals surface area contributed by atoms with Crippen molar-refractivity contribution < 1.29 is 5.11 Å². The lowest BCUT2D eigenvalue weighted by Crippen LogP contribution is -2.42. The molecule has 1 aromatic heterocycles. The van der Waals surface area contributed by atoms with E-state index in [-0.39, 0.29) is 12.6 Å². The van der Waals surface area contributed by atoms with Crippen LogP contribution in [0.15, 0.2) is 30.5 Å². The minimum absolute atomic E-state index is 0.205. The van der Waals surface area contributed by atoms with E-state index in [0.29, 0.717) is 0 Å². The van der Waals surface area contributed by atoms with E-state index in [9.17, 15) is 5.11 Å². The van der Waals surface area contributed by atoms with Gasteiger partial charge < -0.3 is 10.0 Å². The first kappa shape index (κ1) is 11.4. The van der Waals surface area contributed by atoms with Crippen molar-refractivity contribution in [1.29, 1.82) is 0 Å². The zero-order valence-electron chi connectivity index (χ0n) is 10.3. The fourth-order valence-corrected chi connectivity index (χ4v) is 2.73. The molecule has 94 valence electrons. The summed E-state index contributed by atoms with van der Waals surface area (Å²) in [6, 6.07) is 8.25. The standard InChI is InChI=1S/C14H17N3O/c18-10-11-5-3-4-8-17(11)14-9-15-16-13-7-2-1-6-12(13)14/h1-2,6-7,9,11,18H,3-5,8,10H2. The lowest BCUT2D eigenvalue weighted by molar-refractivity contribution is 0.240. The number of fused-ring (bicyclic) bond motifs is 1. The van der Waals surface area contributed by atoms with Gasteiger partial charge in [0.2, 0.25) is 0 Å². The van der Waals surface area contributed by atoms with Crippen LogP contribution in [0.3, 0.4) is 0 Å². The lowest BCUT2D eigenvalue weighted by atomic mass is 10.0. The number of hydrogen-bond acceptors (Lipinski definition) is 4. The molecule has 0 radical (unpaired) electrons. The van der Waals surface area contributed by atoms with Crippen molar-refractivity contribution in [2.45, 2.75) is 25.3 Å². The van der Waals surface area contributed by atoms with Crippen LogP contribution in [0.5, 0.6) is 0 Å². The first-order chi connectivity index (χ1) is 8.90. The molecule has 2 heterocycles. The first-order valence-corrected chi connectivity index (χ1v) is 6.48. The molecule has 0 aliphatic carbocycles. The molecule has 1 saturated heterocycles. The number of benzene rings is 1. The van der Waals surface area contributed by atoms with Gasteiger partial charge in [-0.05, 0) is 25.3 Å². The average molecular weight is 243 g/mol. The SMILES string of the molecule is OCC1CCCCN1c1cnnc2ccccc12. The number of aromatic nitrogens is 2. The molecule has 1 aliphatic heterocycles. The minimum Gasteiger partial charge on any atom is -0.394 e. The highest BCUT2D eigenvalue weighted by Crippen LogP contribution is 2.29. The highest BCUT2D eigenvalue weighted by Gasteiger charge is 2.23. The number of aliphatic hydroxyl groups excluding tert-OH is 1. The second-order valence-corrected chi connectivity index (χ2v) is 4.77. The molecular weight excluding hydrogens is 226 g/mol. The molecule has 1 N–H and O–H groups in total. The maximum absolute atomic E-state index is 9.52. The Morgan fingerprint density at radius 1 is 1.28 bits per heavy atom. The third-order valence-electron chi connectivity index (χ3n) is 3.67. The van der Waals surface area contributed by atoms with Crippen LogP contribution in [0, 0.1) is 0 Å². The zero-order chi connectivity index (χ0) is 12.4. The highest BCUT2D eigenvalue weighted by atomic mass is 16.3. The number of nitrogens with zero attached hydrogens (tertiary/aromatic N) is 3. The Morgan fingerprint density at radius 2 is 2.17 bits per heavy atom. The molecule has 18 heavy (non-hydrogen) atoms. The second kappa shape index (κ2) is 4.90. The van der Waals surface area contributed by atoms with Crippen molar-refractivity contribution in [3.05, 3.63) is 30.5 Å². The summed E-state index contributed by atoms with van der Waals surface area (Å²) >= 11 is 0. The monoisotopic (exact) mass is 243 g/mol. The lowest BCUT2D eigenvalue weighted by Gasteiger charge is -2.36. The molecule has 1 aliphatic rings. The fraction of sp³-hybridized carbons (Fsp3) is 0.429. The van der Waals surface area contributed by atoms with Gasteiger partial charge in [0.25, 0.3) is 0 Å². The molecule has 0 saturated carbocycles. The highest BCUT2D eigenvalue weighted by molar-refractivity contribution is 5.90. The van der Waals surface area contributed by atoms with Gasteiger partial charge in [-0.2, -0.15) is 10.2 Å². The molecule has 3 rings (SSSR count). The molecule has 1 aromatic carbocycles. The van der Waals surface area contributed by atoms with E-state index >= 15 is 0 Å². The Morgan fingerprint density at radius 3 is 3.06 bits per heavy atom. The van der Waals surface area contributed by atoms with E-state index in [1.54, 1.807) is 0 Å². The Bertz CT molecular complexity index is 538. The maximum Gasteiger partial charge on any atom is 0.0950 e. The Kier molecular flexibility index (Phi) is 3.11. The van der Waals surface area contributed by atoms with Crippen molar-refractivity contribution in [1.82, 2.24) is 10.2 Å². The van der Waals surface area contributed by atoms with Gasteiger partial charge in [0.1, 0.15) is 0 Å². The third-order valence-corrected chi connectivity index (χ3v) is 3.67. The summed E-state index contributed by atoms with van der Waals surface area (Å²) in [6.45, 7) is 1.19. The molecular formula is C14H17N3O. The van der Waals surface area contributed by atoms with Crippen molar-refractivity contribution in [3.8, 4) is 0 Å². The van der Waals surface area contributed by atoms with Gasteiger partial charge in [0, 0.05) is 11.9 Å². The number of hydrogen-bond donors (Lipinski definition) is 1.